The number of aliphatic carboxylic acids is 2. The second-order valence-electron chi connectivity index (χ2n) is 11.5. The van der Waals surface area contributed by atoms with Crippen molar-refractivity contribution in [1.29, 1.82) is 0 Å². The van der Waals surface area contributed by atoms with Crippen LogP contribution < -0.4 is 4.74 Å². The zero-order valence-electron chi connectivity index (χ0n) is 24.3. The first-order valence-corrected chi connectivity index (χ1v) is 14.9. The van der Waals surface area contributed by atoms with Crippen LogP contribution in [-0.4, -0.2) is 28.8 Å². The van der Waals surface area contributed by atoms with Crippen LogP contribution in [0.1, 0.15) is 147 Å². The molecule has 0 aliphatic rings. The Kier molecular flexibility index (Phi) is 17.0. The third-order valence-corrected chi connectivity index (χ3v) is 7.22. The average Bonchev–Trinajstić information content (AvgIpc) is 2.83. The Morgan fingerprint density at radius 2 is 1.16 bits per heavy atom. The summed E-state index contributed by atoms with van der Waals surface area (Å²) in [5.74, 6) is -1.57. The fourth-order valence-electron chi connectivity index (χ4n) is 4.97. The van der Waals surface area contributed by atoms with E-state index in [1.54, 1.807) is 0 Å². The molecule has 1 aromatic carbocycles. The minimum Gasteiger partial charge on any atom is -0.494 e. The van der Waals surface area contributed by atoms with Crippen LogP contribution in [0, 0.1) is 11.8 Å². The Morgan fingerprint density at radius 1 is 0.676 bits per heavy atom. The Hall–Kier alpha value is -2.04. The first-order valence-electron chi connectivity index (χ1n) is 14.9. The van der Waals surface area contributed by atoms with Gasteiger partial charge in [-0.2, -0.15) is 0 Å². The standard InChI is InChI=1S/C32H54O5/c1-6-7-8-9-10-11-12-13-22-37-26-20-21-27(28(31(33)34)18-14-16-24(2)3)30(23-26)29(32(35)36)19-15-17-25(4)5/h20-21,23-25,28-29H,6-19,22H2,1-5H3,(H,33,34)(H,35,36). The van der Waals surface area contributed by atoms with Gasteiger partial charge in [-0.1, -0.05) is 111 Å². The molecule has 2 unspecified atom stereocenters. The average molecular weight is 519 g/mol. The van der Waals surface area contributed by atoms with Gasteiger partial charge in [0.2, 0.25) is 0 Å². The molecule has 0 aliphatic carbocycles. The summed E-state index contributed by atoms with van der Waals surface area (Å²) in [6.07, 6.45) is 14.3. The van der Waals surface area contributed by atoms with Crippen LogP contribution >= 0.6 is 0 Å². The topological polar surface area (TPSA) is 83.8 Å². The van der Waals surface area contributed by atoms with Gasteiger partial charge >= 0.3 is 11.9 Å². The number of rotatable bonds is 22. The number of carboxylic acids is 2. The predicted octanol–water partition coefficient (Wildman–Crippen LogP) is 9.20. The molecule has 0 aliphatic heterocycles. The summed E-state index contributed by atoms with van der Waals surface area (Å²) in [7, 11) is 0. The summed E-state index contributed by atoms with van der Waals surface area (Å²) < 4.78 is 6.03. The molecule has 0 saturated heterocycles. The summed E-state index contributed by atoms with van der Waals surface area (Å²) in [6, 6.07) is 5.45. The quantitative estimate of drug-likeness (QED) is 0.149. The number of unbranched alkanes of at least 4 members (excludes halogenated alkanes) is 7. The Morgan fingerprint density at radius 3 is 1.65 bits per heavy atom. The lowest BCUT2D eigenvalue weighted by atomic mass is 9.82. The second kappa shape index (κ2) is 19.1. The monoisotopic (exact) mass is 518 g/mol. The second-order valence-corrected chi connectivity index (χ2v) is 11.5. The van der Waals surface area contributed by atoms with E-state index in [-0.39, 0.29) is 0 Å². The van der Waals surface area contributed by atoms with E-state index >= 15 is 0 Å². The fraction of sp³-hybridized carbons (Fsp3) is 0.750. The molecule has 2 N–H and O–H groups in total. The zero-order valence-corrected chi connectivity index (χ0v) is 24.3. The summed E-state index contributed by atoms with van der Waals surface area (Å²) >= 11 is 0. The van der Waals surface area contributed by atoms with E-state index in [0.29, 0.717) is 48.2 Å². The number of hydrogen-bond donors (Lipinski definition) is 2. The Bertz CT molecular complexity index is 770. The van der Waals surface area contributed by atoms with Crippen molar-refractivity contribution in [3.63, 3.8) is 0 Å². The van der Waals surface area contributed by atoms with Gasteiger partial charge in [-0.15, -0.1) is 0 Å². The molecular weight excluding hydrogens is 464 g/mol. The molecule has 212 valence electrons. The van der Waals surface area contributed by atoms with Crippen molar-refractivity contribution in [2.75, 3.05) is 6.61 Å². The van der Waals surface area contributed by atoms with Gasteiger partial charge in [0.25, 0.3) is 0 Å². The molecule has 2 atom stereocenters. The molecule has 1 aromatic rings. The van der Waals surface area contributed by atoms with Gasteiger partial charge in [-0.3, -0.25) is 9.59 Å². The summed E-state index contributed by atoms with van der Waals surface area (Å²) in [6.45, 7) is 11.4. The van der Waals surface area contributed by atoms with Gasteiger partial charge in [0, 0.05) is 0 Å². The van der Waals surface area contributed by atoms with E-state index in [0.717, 1.165) is 38.5 Å². The van der Waals surface area contributed by atoms with Crippen LogP contribution in [-0.2, 0) is 9.59 Å². The zero-order chi connectivity index (χ0) is 27.6. The van der Waals surface area contributed by atoms with Gasteiger partial charge in [0.1, 0.15) is 5.75 Å². The third kappa shape index (κ3) is 13.9. The summed E-state index contributed by atoms with van der Waals surface area (Å²) in [4.78, 5) is 24.7. The van der Waals surface area contributed by atoms with Gasteiger partial charge in [0.05, 0.1) is 18.4 Å². The third-order valence-electron chi connectivity index (χ3n) is 7.22. The highest BCUT2D eigenvalue weighted by Gasteiger charge is 2.29. The van der Waals surface area contributed by atoms with Crippen LogP contribution in [0.5, 0.6) is 5.75 Å². The molecule has 0 heterocycles. The van der Waals surface area contributed by atoms with E-state index in [1.807, 2.05) is 18.2 Å². The van der Waals surface area contributed by atoms with Crippen LogP contribution in [0.2, 0.25) is 0 Å². The number of benzene rings is 1. The van der Waals surface area contributed by atoms with E-state index in [2.05, 4.69) is 34.6 Å². The van der Waals surface area contributed by atoms with Crippen LogP contribution in [0.3, 0.4) is 0 Å². The van der Waals surface area contributed by atoms with Crippen LogP contribution in [0.4, 0.5) is 0 Å². The van der Waals surface area contributed by atoms with Crippen LogP contribution in [0.25, 0.3) is 0 Å². The van der Waals surface area contributed by atoms with Gasteiger partial charge in [-0.25, -0.2) is 0 Å². The minimum atomic E-state index is -0.892. The van der Waals surface area contributed by atoms with Crippen LogP contribution in [0.15, 0.2) is 18.2 Å². The molecule has 0 radical (unpaired) electrons. The van der Waals surface area contributed by atoms with Gasteiger partial charge < -0.3 is 14.9 Å². The van der Waals surface area contributed by atoms with Crippen molar-refractivity contribution < 1.29 is 24.5 Å². The molecule has 0 aromatic heterocycles. The molecule has 0 bridgehead atoms. The van der Waals surface area contributed by atoms with Crippen molar-refractivity contribution in [2.45, 2.75) is 136 Å². The first-order chi connectivity index (χ1) is 17.7. The maximum Gasteiger partial charge on any atom is 0.310 e. The normalized spacial score (nSPS) is 13.2. The van der Waals surface area contributed by atoms with E-state index in [9.17, 15) is 19.8 Å². The molecular formula is C32H54O5. The maximum atomic E-state index is 12.4. The molecule has 0 spiro atoms. The van der Waals surface area contributed by atoms with Crippen molar-refractivity contribution in [2.24, 2.45) is 11.8 Å². The molecule has 5 heteroatoms. The lowest BCUT2D eigenvalue weighted by Gasteiger charge is -2.23. The molecule has 1 rings (SSSR count). The highest BCUT2D eigenvalue weighted by molar-refractivity contribution is 5.81. The molecule has 5 nitrogen and oxygen atoms in total. The number of ether oxygens (including phenoxy) is 1. The number of carboxylic acid groups (broad SMARTS) is 2. The van der Waals surface area contributed by atoms with Crippen molar-refractivity contribution in [3.05, 3.63) is 29.3 Å². The molecule has 0 saturated carbocycles. The highest BCUT2D eigenvalue weighted by atomic mass is 16.5. The lowest BCUT2D eigenvalue weighted by molar-refractivity contribution is -0.140. The summed E-state index contributed by atoms with van der Waals surface area (Å²) in [5.41, 5.74) is 1.24. The van der Waals surface area contributed by atoms with E-state index in [4.69, 9.17) is 4.74 Å². The van der Waals surface area contributed by atoms with E-state index < -0.39 is 23.8 Å². The molecule has 37 heavy (non-hydrogen) atoms. The van der Waals surface area contributed by atoms with Gasteiger partial charge in [0.15, 0.2) is 0 Å². The summed E-state index contributed by atoms with van der Waals surface area (Å²) in [5, 5.41) is 20.2. The lowest BCUT2D eigenvalue weighted by Crippen LogP contribution is -2.19. The number of hydrogen-bond acceptors (Lipinski definition) is 3. The van der Waals surface area contributed by atoms with Crippen molar-refractivity contribution >= 4 is 11.9 Å². The molecule has 0 fully saturated rings. The molecule has 0 amide bonds. The highest BCUT2D eigenvalue weighted by Crippen LogP contribution is 2.36. The van der Waals surface area contributed by atoms with Crippen molar-refractivity contribution in [3.8, 4) is 5.75 Å². The smallest absolute Gasteiger partial charge is 0.310 e. The van der Waals surface area contributed by atoms with Crippen molar-refractivity contribution in [1.82, 2.24) is 0 Å². The number of carbonyl (C=O) groups is 2. The largest absolute Gasteiger partial charge is 0.494 e. The Balaban J connectivity index is 3.00. The Labute approximate surface area is 226 Å². The minimum absolute atomic E-state index is 0.498. The fourth-order valence-corrected chi connectivity index (χ4v) is 4.97. The first kappa shape index (κ1) is 33.0. The SMILES string of the molecule is CCCCCCCCCCOc1ccc(C(CCCC(C)C)C(=O)O)c(C(CCCC(C)C)C(=O)O)c1. The van der Waals surface area contributed by atoms with Gasteiger partial charge in [-0.05, 0) is 54.4 Å². The maximum absolute atomic E-state index is 12.4. The van der Waals surface area contributed by atoms with E-state index in [1.165, 1.54) is 38.5 Å². The predicted molar refractivity (Wildman–Crippen MR) is 153 cm³/mol.